The Hall–Kier alpha value is -0.0800. The third kappa shape index (κ3) is 1.37. The van der Waals surface area contributed by atoms with E-state index >= 15 is 0 Å². The molecule has 1 atom stereocenters. The van der Waals surface area contributed by atoms with E-state index < -0.39 is 0 Å². The molecule has 0 aromatic rings. The molecule has 4 aliphatic rings. The molecule has 102 valence electrons. The molecule has 0 amide bonds. The van der Waals surface area contributed by atoms with Gasteiger partial charge in [-0.05, 0) is 56.8 Å². The minimum Gasteiger partial charge on any atom is -0.354 e. The van der Waals surface area contributed by atoms with Gasteiger partial charge in [-0.25, -0.2) is 0 Å². The van der Waals surface area contributed by atoms with Gasteiger partial charge < -0.3 is 4.74 Å². The largest absolute Gasteiger partial charge is 0.354 e. The molecular weight excluding hydrogens is 222 g/mol. The van der Waals surface area contributed by atoms with Gasteiger partial charge in [0.1, 0.15) is 5.72 Å². The Morgan fingerprint density at radius 2 is 1.61 bits per heavy atom. The highest BCUT2D eigenvalue weighted by molar-refractivity contribution is 5.15. The van der Waals surface area contributed by atoms with E-state index in [0.29, 0.717) is 10.8 Å². The number of nitrogens with one attached hydrogen (secondary N) is 1. The van der Waals surface area contributed by atoms with Gasteiger partial charge in [0, 0.05) is 12.0 Å². The number of fused-ring (bicyclic) bond motifs is 1. The van der Waals surface area contributed by atoms with Gasteiger partial charge in [-0.3, -0.25) is 5.32 Å². The van der Waals surface area contributed by atoms with Gasteiger partial charge in [0.2, 0.25) is 0 Å². The molecule has 4 fully saturated rings. The molecule has 1 unspecified atom stereocenters. The van der Waals surface area contributed by atoms with Crippen molar-refractivity contribution in [2.45, 2.75) is 83.0 Å². The highest BCUT2D eigenvalue weighted by Gasteiger charge is 2.65. The average Bonchev–Trinajstić information content (AvgIpc) is 2.50. The predicted octanol–water partition coefficient (Wildman–Crippen LogP) is 3.61. The van der Waals surface area contributed by atoms with E-state index in [9.17, 15) is 0 Å². The van der Waals surface area contributed by atoms with E-state index in [1.807, 2.05) is 0 Å². The summed E-state index contributed by atoms with van der Waals surface area (Å²) in [6.07, 6.45) is 12.0. The molecule has 0 aromatic heterocycles. The van der Waals surface area contributed by atoms with Crippen LogP contribution < -0.4 is 5.32 Å². The van der Waals surface area contributed by atoms with Crippen LogP contribution in [0.2, 0.25) is 0 Å². The van der Waals surface area contributed by atoms with Crippen LogP contribution in [0.25, 0.3) is 0 Å². The molecule has 1 heterocycles. The fraction of sp³-hybridized carbons (Fsp3) is 1.00. The molecule has 4 rings (SSSR count). The minimum atomic E-state index is 0.0325. The van der Waals surface area contributed by atoms with E-state index in [-0.39, 0.29) is 11.3 Å². The maximum absolute atomic E-state index is 6.84. The summed E-state index contributed by atoms with van der Waals surface area (Å²) in [6, 6.07) is 0. The molecule has 2 heteroatoms. The van der Waals surface area contributed by atoms with Crippen molar-refractivity contribution in [3.05, 3.63) is 0 Å². The smallest absolute Gasteiger partial charge is 0.120 e. The number of rotatable bonds is 0. The molecule has 1 saturated heterocycles. The zero-order chi connectivity index (χ0) is 12.5. The van der Waals surface area contributed by atoms with Gasteiger partial charge >= 0.3 is 0 Å². The normalized spacial score (nSPS) is 43.0. The zero-order valence-corrected chi connectivity index (χ0v) is 12.0. The maximum atomic E-state index is 6.84. The van der Waals surface area contributed by atoms with Crippen molar-refractivity contribution >= 4 is 0 Å². The lowest BCUT2D eigenvalue weighted by atomic mass is 9.51. The summed E-state index contributed by atoms with van der Waals surface area (Å²) < 4.78 is 6.84. The van der Waals surface area contributed by atoms with Crippen LogP contribution in [0.1, 0.15) is 71.6 Å². The minimum absolute atomic E-state index is 0.0325. The third-order valence-corrected chi connectivity index (χ3v) is 6.55. The second-order valence-electron chi connectivity index (χ2n) is 8.27. The van der Waals surface area contributed by atoms with E-state index in [0.717, 1.165) is 0 Å². The predicted molar refractivity (Wildman–Crippen MR) is 72.3 cm³/mol. The van der Waals surface area contributed by atoms with Gasteiger partial charge in [0.15, 0.2) is 0 Å². The van der Waals surface area contributed by atoms with E-state index in [1.54, 1.807) is 0 Å². The molecule has 2 nitrogen and oxygen atoms in total. The first kappa shape index (κ1) is 11.7. The molecule has 1 N–H and O–H groups in total. The van der Waals surface area contributed by atoms with Gasteiger partial charge in [0.25, 0.3) is 0 Å². The van der Waals surface area contributed by atoms with Crippen molar-refractivity contribution in [3.63, 3.8) is 0 Å². The molecule has 3 spiro atoms. The van der Waals surface area contributed by atoms with Crippen molar-refractivity contribution in [1.82, 2.24) is 5.32 Å². The van der Waals surface area contributed by atoms with Crippen LogP contribution in [-0.2, 0) is 4.74 Å². The molecule has 18 heavy (non-hydrogen) atoms. The summed E-state index contributed by atoms with van der Waals surface area (Å²) in [5, 5.41) is 3.84. The molecule has 3 saturated carbocycles. The van der Waals surface area contributed by atoms with Gasteiger partial charge in [-0.2, -0.15) is 0 Å². The Labute approximate surface area is 111 Å². The summed E-state index contributed by atoms with van der Waals surface area (Å²) in [6.45, 7) is 6.02. The first-order valence-corrected chi connectivity index (χ1v) is 7.94. The zero-order valence-electron chi connectivity index (χ0n) is 12.0. The number of ether oxygens (including phenoxy) is 1. The van der Waals surface area contributed by atoms with Crippen LogP contribution in [0.4, 0.5) is 0 Å². The molecule has 0 radical (unpaired) electrons. The quantitative estimate of drug-likeness (QED) is 0.708. The van der Waals surface area contributed by atoms with Crippen LogP contribution in [0.3, 0.4) is 0 Å². The summed E-state index contributed by atoms with van der Waals surface area (Å²) in [4.78, 5) is 0. The van der Waals surface area contributed by atoms with Crippen LogP contribution >= 0.6 is 0 Å². The van der Waals surface area contributed by atoms with E-state index in [1.165, 1.54) is 64.3 Å². The summed E-state index contributed by atoms with van der Waals surface area (Å²) >= 11 is 0. The lowest BCUT2D eigenvalue weighted by Gasteiger charge is -2.66. The Balaban J connectivity index is 1.61. The monoisotopic (exact) mass is 249 g/mol. The number of hydrogen-bond donors (Lipinski definition) is 1. The van der Waals surface area contributed by atoms with Gasteiger partial charge in [-0.15, -0.1) is 0 Å². The third-order valence-electron chi connectivity index (χ3n) is 6.55. The van der Waals surface area contributed by atoms with E-state index in [4.69, 9.17) is 4.74 Å². The van der Waals surface area contributed by atoms with Gasteiger partial charge in [-0.1, -0.05) is 20.3 Å². The fourth-order valence-electron chi connectivity index (χ4n) is 5.10. The molecule has 1 aliphatic heterocycles. The number of hydrogen-bond acceptors (Lipinski definition) is 2. The van der Waals surface area contributed by atoms with Crippen LogP contribution in [0, 0.1) is 10.8 Å². The standard InChI is InChI=1S/C16H27NO/c1-13(2)9-10-16(11-13)17-12-14(5-3-6-14)15(18-16)7-4-8-15/h17H,3-12H2,1-2H3. The molecule has 3 aliphatic carbocycles. The first-order chi connectivity index (χ1) is 8.49. The molecule has 0 bridgehead atoms. The van der Waals surface area contributed by atoms with E-state index in [2.05, 4.69) is 19.2 Å². The van der Waals surface area contributed by atoms with Crippen molar-refractivity contribution in [2.75, 3.05) is 6.54 Å². The van der Waals surface area contributed by atoms with Crippen molar-refractivity contribution in [3.8, 4) is 0 Å². The van der Waals surface area contributed by atoms with Crippen LogP contribution in [0.15, 0.2) is 0 Å². The Morgan fingerprint density at radius 3 is 2.06 bits per heavy atom. The molecular formula is C16H27NO. The van der Waals surface area contributed by atoms with Crippen LogP contribution in [0.5, 0.6) is 0 Å². The fourth-order valence-corrected chi connectivity index (χ4v) is 5.10. The van der Waals surface area contributed by atoms with Crippen molar-refractivity contribution in [1.29, 1.82) is 0 Å². The highest BCUT2D eigenvalue weighted by Crippen LogP contribution is 2.63. The summed E-state index contributed by atoms with van der Waals surface area (Å²) in [7, 11) is 0. The highest BCUT2D eigenvalue weighted by atomic mass is 16.5. The molecule has 0 aromatic carbocycles. The lowest BCUT2D eigenvalue weighted by molar-refractivity contribution is -0.305. The second kappa shape index (κ2) is 3.32. The van der Waals surface area contributed by atoms with Crippen LogP contribution in [-0.4, -0.2) is 17.9 Å². The summed E-state index contributed by atoms with van der Waals surface area (Å²) in [5.74, 6) is 0. The second-order valence-corrected chi connectivity index (χ2v) is 8.27. The van der Waals surface area contributed by atoms with Gasteiger partial charge in [0.05, 0.1) is 5.60 Å². The Kier molecular flexibility index (Phi) is 2.16. The average molecular weight is 249 g/mol. The van der Waals surface area contributed by atoms with Crippen molar-refractivity contribution in [2.24, 2.45) is 10.8 Å². The Bertz CT molecular complexity index is 367. The lowest BCUT2D eigenvalue weighted by Crippen LogP contribution is -2.72. The topological polar surface area (TPSA) is 21.3 Å². The van der Waals surface area contributed by atoms with Crippen molar-refractivity contribution < 1.29 is 4.74 Å². The Morgan fingerprint density at radius 1 is 0.889 bits per heavy atom. The SMILES string of the molecule is CC1(C)CCC2(C1)NCC1(CCC1)C1(CCC1)O2. The summed E-state index contributed by atoms with van der Waals surface area (Å²) in [5.41, 5.74) is 1.28. The maximum Gasteiger partial charge on any atom is 0.120 e. The first-order valence-electron chi connectivity index (χ1n) is 7.94.